The molecule has 0 spiro atoms. The van der Waals surface area contributed by atoms with E-state index in [4.69, 9.17) is 20.4 Å². The summed E-state index contributed by atoms with van der Waals surface area (Å²) in [7, 11) is -2.41. The first-order valence-electron chi connectivity index (χ1n) is 11.8. The predicted octanol–water partition coefficient (Wildman–Crippen LogP) is 1.81. The number of fused-ring (bicyclic) bond motifs is 1. The van der Waals surface area contributed by atoms with Crippen molar-refractivity contribution >= 4 is 64.9 Å². The second-order valence-corrected chi connectivity index (χ2v) is 11.4. The van der Waals surface area contributed by atoms with E-state index in [1.807, 2.05) is 17.0 Å². The lowest BCUT2D eigenvalue weighted by molar-refractivity contribution is 0.122. The van der Waals surface area contributed by atoms with Crippen LogP contribution < -0.4 is 15.5 Å². The average molecular weight is 557 g/mol. The number of aromatic nitrogens is 4. The molecule has 37 heavy (non-hydrogen) atoms. The van der Waals surface area contributed by atoms with E-state index in [9.17, 15) is 8.42 Å². The maximum Gasteiger partial charge on any atom is 0.234 e. The van der Waals surface area contributed by atoms with Gasteiger partial charge in [0.2, 0.25) is 16.2 Å². The lowest BCUT2D eigenvalue weighted by Crippen LogP contribution is -2.49. The van der Waals surface area contributed by atoms with Crippen molar-refractivity contribution < 1.29 is 13.2 Å². The molecule has 0 radical (unpaired) electrons. The van der Waals surface area contributed by atoms with Gasteiger partial charge in [0.1, 0.15) is 10.6 Å². The number of anilines is 3. The van der Waals surface area contributed by atoms with Gasteiger partial charge in [-0.2, -0.15) is 8.42 Å². The van der Waals surface area contributed by atoms with Crippen molar-refractivity contribution in [1.82, 2.24) is 24.8 Å². The van der Waals surface area contributed by atoms with Crippen molar-refractivity contribution in [3.05, 3.63) is 40.8 Å². The van der Waals surface area contributed by atoms with E-state index < -0.39 is 10.3 Å². The number of thiophene rings is 2. The van der Waals surface area contributed by atoms with Crippen LogP contribution in [0, 0.1) is 0 Å². The normalized spacial score (nSPS) is 16.9. The third kappa shape index (κ3) is 4.90. The zero-order valence-corrected chi connectivity index (χ0v) is 22.2. The highest BCUT2D eigenvalue weighted by Gasteiger charge is 2.27. The molecule has 2 aliphatic heterocycles. The molecule has 0 amide bonds. The SMILES string of the molecule is Nc1ncc(-c2nc(N3CCOCC3)c3cc(C(N4CCN(c5cccs5)CC4)=S(=O)=O)sc3n2)cn1. The van der Waals surface area contributed by atoms with Gasteiger partial charge in [0.05, 0.1) is 34.0 Å². The Morgan fingerprint density at radius 1 is 1.00 bits per heavy atom. The second-order valence-electron chi connectivity index (χ2n) is 8.59. The van der Waals surface area contributed by atoms with E-state index >= 15 is 0 Å². The van der Waals surface area contributed by atoms with E-state index in [2.05, 4.69) is 31.2 Å². The number of hydrogen-bond acceptors (Lipinski definition) is 12. The minimum Gasteiger partial charge on any atom is -0.378 e. The molecule has 6 heterocycles. The minimum atomic E-state index is -2.41. The highest BCUT2D eigenvalue weighted by atomic mass is 32.2. The van der Waals surface area contributed by atoms with Gasteiger partial charge in [-0.3, -0.25) is 4.90 Å². The van der Waals surface area contributed by atoms with Gasteiger partial charge in [-0.15, -0.1) is 22.7 Å². The monoisotopic (exact) mass is 556 g/mol. The van der Waals surface area contributed by atoms with Crippen molar-refractivity contribution in [2.75, 3.05) is 68.0 Å². The Balaban J connectivity index is 1.38. The Morgan fingerprint density at radius 3 is 2.43 bits per heavy atom. The molecule has 14 heteroatoms. The molecule has 2 aliphatic rings. The summed E-state index contributed by atoms with van der Waals surface area (Å²) in [6, 6.07) is 6.04. The number of hydrogen-bond donors (Lipinski definition) is 1. The second kappa shape index (κ2) is 10.3. The van der Waals surface area contributed by atoms with E-state index in [0.29, 0.717) is 65.5 Å². The standard InChI is InChI=1S/C23H24N8O3S3/c24-23-25-13-15(14-26-23)19-27-20(30-7-9-34-10-8-30)16-12-17(36-21(16)28-19)22(37(32)33)31-5-3-29(4-6-31)18-2-1-11-35-18/h1-2,11-14H,3-10H2,(H2,24,25,26). The van der Waals surface area contributed by atoms with Crippen molar-refractivity contribution in [1.29, 1.82) is 0 Å². The summed E-state index contributed by atoms with van der Waals surface area (Å²) >= 11 is 3.05. The lowest BCUT2D eigenvalue weighted by Gasteiger charge is -2.34. The number of rotatable bonds is 4. The maximum atomic E-state index is 12.5. The van der Waals surface area contributed by atoms with Crippen molar-refractivity contribution in [3.8, 4) is 11.4 Å². The zero-order valence-electron chi connectivity index (χ0n) is 19.8. The molecule has 4 aromatic rings. The first-order valence-corrected chi connectivity index (χ1v) is 14.6. The summed E-state index contributed by atoms with van der Waals surface area (Å²) in [5.74, 6) is 1.39. The topological polar surface area (TPSA) is 131 Å². The highest BCUT2D eigenvalue weighted by Crippen LogP contribution is 2.34. The van der Waals surface area contributed by atoms with Crippen LogP contribution in [0.1, 0.15) is 4.88 Å². The van der Waals surface area contributed by atoms with Crippen molar-refractivity contribution in [2.24, 2.45) is 0 Å². The van der Waals surface area contributed by atoms with Gasteiger partial charge in [0, 0.05) is 51.7 Å². The van der Waals surface area contributed by atoms with Crippen molar-refractivity contribution in [2.45, 2.75) is 0 Å². The van der Waals surface area contributed by atoms with Crippen LogP contribution in [0.4, 0.5) is 16.8 Å². The fourth-order valence-electron chi connectivity index (χ4n) is 4.53. The molecule has 192 valence electrons. The van der Waals surface area contributed by atoms with Gasteiger partial charge >= 0.3 is 0 Å². The maximum absolute atomic E-state index is 12.5. The summed E-state index contributed by atoms with van der Waals surface area (Å²) in [6.07, 6.45) is 3.19. The largest absolute Gasteiger partial charge is 0.378 e. The number of ether oxygens (including phenoxy) is 1. The summed E-state index contributed by atoms with van der Waals surface area (Å²) in [4.78, 5) is 25.9. The van der Waals surface area contributed by atoms with Gasteiger partial charge in [-0.1, -0.05) is 0 Å². The fraction of sp³-hybridized carbons (Fsp3) is 0.348. The number of morpholine rings is 1. The minimum absolute atomic E-state index is 0.174. The Bertz CT molecular complexity index is 1530. The molecule has 0 aliphatic carbocycles. The van der Waals surface area contributed by atoms with Crippen molar-refractivity contribution in [3.63, 3.8) is 0 Å². The third-order valence-corrected chi connectivity index (χ3v) is 9.25. The zero-order chi connectivity index (χ0) is 25.4. The Labute approximate surface area is 222 Å². The molecule has 6 rings (SSSR count). The summed E-state index contributed by atoms with van der Waals surface area (Å²) < 4.78 is 30.6. The molecule has 0 bridgehead atoms. The Morgan fingerprint density at radius 2 is 1.76 bits per heavy atom. The Kier molecular flexibility index (Phi) is 6.73. The smallest absolute Gasteiger partial charge is 0.234 e. The van der Waals surface area contributed by atoms with Crippen LogP contribution in [0.5, 0.6) is 0 Å². The quantitative estimate of drug-likeness (QED) is 0.369. The molecular formula is C23H24N8O3S3. The lowest BCUT2D eigenvalue weighted by atomic mass is 10.2. The number of nitrogens with zero attached hydrogens (tertiary/aromatic N) is 7. The summed E-state index contributed by atoms with van der Waals surface area (Å²) in [5, 5.41) is 4.08. The van der Waals surface area contributed by atoms with Gasteiger partial charge < -0.3 is 20.3 Å². The summed E-state index contributed by atoms with van der Waals surface area (Å²) in [6.45, 7) is 5.31. The van der Waals surface area contributed by atoms with Crippen LogP contribution in [0.3, 0.4) is 0 Å². The van der Waals surface area contributed by atoms with Gasteiger partial charge in [-0.25, -0.2) is 19.9 Å². The van der Waals surface area contributed by atoms with Gasteiger partial charge in [0.15, 0.2) is 10.8 Å². The molecule has 2 fully saturated rings. The van der Waals surface area contributed by atoms with E-state index in [0.717, 1.165) is 24.3 Å². The number of nitrogens with two attached hydrogens (primary N) is 1. The van der Waals surface area contributed by atoms with E-state index in [1.165, 1.54) is 16.3 Å². The van der Waals surface area contributed by atoms with Crippen LogP contribution in [-0.2, 0) is 15.0 Å². The molecule has 2 N–H and O–H groups in total. The molecule has 0 aromatic carbocycles. The Hall–Kier alpha value is -3.17. The molecule has 2 saturated heterocycles. The molecule has 0 unspecified atom stereocenters. The third-order valence-electron chi connectivity index (χ3n) is 6.37. The van der Waals surface area contributed by atoms with E-state index in [1.54, 1.807) is 23.7 Å². The van der Waals surface area contributed by atoms with Crippen LogP contribution in [0.2, 0.25) is 0 Å². The molecule has 4 aromatic heterocycles. The predicted molar refractivity (Wildman–Crippen MR) is 147 cm³/mol. The van der Waals surface area contributed by atoms with Gasteiger partial charge in [0.25, 0.3) is 0 Å². The van der Waals surface area contributed by atoms with Crippen LogP contribution in [0.25, 0.3) is 21.6 Å². The number of piperazine rings is 1. The van der Waals surface area contributed by atoms with Crippen LogP contribution in [-0.4, -0.2) is 90.7 Å². The first-order chi connectivity index (χ1) is 18.1. The summed E-state index contributed by atoms with van der Waals surface area (Å²) in [5.41, 5.74) is 6.30. The number of nitrogen functional groups attached to an aromatic ring is 1. The molecule has 11 nitrogen and oxygen atoms in total. The fourth-order valence-corrected chi connectivity index (χ4v) is 7.26. The first kappa shape index (κ1) is 24.2. The molecular weight excluding hydrogens is 533 g/mol. The van der Waals surface area contributed by atoms with E-state index in [-0.39, 0.29) is 5.95 Å². The molecule has 0 atom stereocenters. The van der Waals surface area contributed by atoms with Crippen LogP contribution >= 0.6 is 22.7 Å². The highest BCUT2D eigenvalue weighted by molar-refractivity contribution is 7.73. The average Bonchev–Trinajstić information content (AvgIpc) is 3.60. The van der Waals surface area contributed by atoms with Crippen LogP contribution in [0.15, 0.2) is 36.0 Å². The van der Waals surface area contributed by atoms with Gasteiger partial charge in [-0.05, 0) is 23.6 Å². The molecule has 0 saturated carbocycles.